The first-order chi connectivity index (χ1) is 16.0. The number of halogens is 2. The van der Waals surface area contributed by atoms with Crippen LogP contribution in [0, 0.1) is 6.92 Å². The number of hydrogen-bond donors (Lipinski definition) is 1. The van der Waals surface area contributed by atoms with E-state index in [0.29, 0.717) is 30.2 Å². The highest BCUT2D eigenvalue weighted by Crippen LogP contribution is 2.22. The zero-order valence-electron chi connectivity index (χ0n) is 18.4. The standard InChI is InChI=1S/C26H25Cl2N3O2/c1-18-16-21(10-11-22(18)28)33-15-5-14-31-24-9-3-2-8-23(24)30-25(31)12-13-29-26(32)19-6-4-7-20(27)17-19/h2-4,6-11,16-17H,5,12-15H2,1H3,(H,29,32). The Kier molecular flexibility index (Phi) is 7.53. The Balaban J connectivity index is 1.37. The zero-order chi connectivity index (χ0) is 23.2. The Bertz CT molecular complexity index is 1270. The lowest BCUT2D eigenvalue weighted by molar-refractivity contribution is 0.0954. The van der Waals surface area contributed by atoms with Gasteiger partial charge >= 0.3 is 0 Å². The molecule has 1 amide bonds. The maximum absolute atomic E-state index is 12.4. The van der Waals surface area contributed by atoms with Crippen LogP contribution in [0.4, 0.5) is 0 Å². The summed E-state index contributed by atoms with van der Waals surface area (Å²) in [5, 5.41) is 4.24. The minimum Gasteiger partial charge on any atom is -0.494 e. The molecule has 170 valence electrons. The lowest BCUT2D eigenvalue weighted by Gasteiger charge is -2.11. The van der Waals surface area contributed by atoms with Gasteiger partial charge in [0.05, 0.1) is 17.6 Å². The molecule has 4 aromatic rings. The molecule has 0 unspecified atom stereocenters. The number of carbonyl (C=O) groups is 1. The van der Waals surface area contributed by atoms with E-state index in [1.807, 2.05) is 43.3 Å². The molecule has 0 fully saturated rings. The molecule has 0 aliphatic rings. The highest BCUT2D eigenvalue weighted by Gasteiger charge is 2.12. The molecule has 0 radical (unpaired) electrons. The maximum Gasteiger partial charge on any atom is 0.251 e. The summed E-state index contributed by atoms with van der Waals surface area (Å²) >= 11 is 12.1. The molecule has 0 aliphatic carbocycles. The Hall–Kier alpha value is -3.02. The summed E-state index contributed by atoms with van der Waals surface area (Å²) < 4.78 is 8.11. The summed E-state index contributed by atoms with van der Waals surface area (Å²) in [5.74, 6) is 1.60. The highest BCUT2D eigenvalue weighted by atomic mass is 35.5. The smallest absolute Gasteiger partial charge is 0.251 e. The number of ether oxygens (including phenoxy) is 1. The van der Waals surface area contributed by atoms with Crippen LogP contribution in [0.1, 0.15) is 28.2 Å². The molecule has 3 aromatic carbocycles. The first-order valence-electron chi connectivity index (χ1n) is 10.9. The molecule has 0 aliphatic heterocycles. The van der Waals surface area contributed by atoms with Crippen molar-refractivity contribution in [2.24, 2.45) is 0 Å². The van der Waals surface area contributed by atoms with Crippen molar-refractivity contribution in [3.05, 3.63) is 93.7 Å². The summed E-state index contributed by atoms with van der Waals surface area (Å²) in [6.07, 6.45) is 1.45. The summed E-state index contributed by atoms with van der Waals surface area (Å²) in [5.41, 5.74) is 3.57. The van der Waals surface area contributed by atoms with E-state index in [1.54, 1.807) is 24.3 Å². The van der Waals surface area contributed by atoms with Gasteiger partial charge in [0.2, 0.25) is 0 Å². The summed E-state index contributed by atoms with van der Waals surface area (Å²) in [6, 6.07) is 20.7. The van der Waals surface area contributed by atoms with Gasteiger partial charge in [0, 0.05) is 35.1 Å². The van der Waals surface area contributed by atoms with Crippen molar-refractivity contribution >= 4 is 40.1 Å². The van der Waals surface area contributed by atoms with Crippen molar-refractivity contribution in [2.45, 2.75) is 26.3 Å². The van der Waals surface area contributed by atoms with Gasteiger partial charge in [-0.05, 0) is 67.4 Å². The normalized spacial score (nSPS) is 11.0. The van der Waals surface area contributed by atoms with Gasteiger partial charge in [0.1, 0.15) is 11.6 Å². The molecule has 0 atom stereocenters. The number of carbonyl (C=O) groups excluding carboxylic acids is 1. The predicted molar refractivity (Wildman–Crippen MR) is 134 cm³/mol. The van der Waals surface area contributed by atoms with Gasteiger partial charge in [-0.2, -0.15) is 0 Å². The zero-order valence-corrected chi connectivity index (χ0v) is 19.9. The summed E-state index contributed by atoms with van der Waals surface area (Å²) in [4.78, 5) is 17.2. The predicted octanol–water partition coefficient (Wildman–Crippen LogP) is 6.09. The van der Waals surface area contributed by atoms with Gasteiger partial charge in [-0.25, -0.2) is 4.98 Å². The first kappa shape index (κ1) is 23.1. The first-order valence-corrected chi connectivity index (χ1v) is 11.6. The van der Waals surface area contributed by atoms with Gasteiger partial charge < -0.3 is 14.6 Å². The number of nitrogens with one attached hydrogen (secondary N) is 1. The van der Waals surface area contributed by atoms with Crippen molar-refractivity contribution in [3.63, 3.8) is 0 Å². The van der Waals surface area contributed by atoms with E-state index in [1.165, 1.54) is 0 Å². The number of para-hydroxylation sites is 2. The van der Waals surface area contributed by atoms with E-state index in [4.69, 9.17) is 32.9 Å². The largest absolute Gasteiger partial charge is 0.494 e. The number of fused-ring (bicyclic) bond motifs is 1. The van der Waals surface area contributed by atoms with Crippen molar-refractivity contribution < 1.29 is 9.53 Å². The SMILES string of the molecule is Cc1cc(OCCCn2c(CCNC(=O)c3cccc(Cl)c3)nc3ccccc32)ccc1Cl. The van der Waals surface area contributed by atoms with E-state index in [2.05, 4.69) is 16.0 Å². The molecule has 0 saturated carbocycles. The second kappa shape index (κ2) is 10.7. The van der Waals surface area contributed by atoms with Crippen molar-refractivity contribution in [3.8, 4) is 5.75 Å². The van der Waals surface area contributed by atoms with Crippen LogP contribution in [0.15, 0.2) is 66.7 Å². The molecule has 33 heavy (non-hydrogen) atoms. The van der Waals surface area contributed by atoms with Gasteiger partial charge in [-0.3, -0.25) is 4.79 Å². The monoisotopic (exact) mass is 481 g/mol. The minimum atomic E-state index is -0.146. The number of amides is 1. The molecule has 0 bridgehead atoms. The number of nitrogens with zero attached hydrogens (tertiary/aromatic N) is 2. The topological polar surface area (TPSA) is 56.1 Å². The van der Waals surface area contributed by atoms with Crippen LogP contribution in [0.5, 0.6) is 5.75 Å². The van der Waals surface area contributed by atoms with Crippen molar-refractivity contribution in [1.82, 2.24) is 14.9 Å². The number of aryl methyl sites for hydroxylation is 2. The van der Waals surface area contributed by atoms with Crippen molar-refractivity contribution in [1.29, 1.82) is 0 Å². The van der Waals surface area contributed by atoms with E-state index >= 15 is 0 Å². The van der Waals surface area contributed by atoms with Gasteiger partial charge in [-0.15, -0.1) is 0 Å². The summed E-state index contributed by atoms with van der Waals surface area (Å²) in [7, 11) is 0. The molecule has 4 rings (SSSR count). The van der Waals surface area contributed by atoms with Gasteiger partial charge in [-0.1, -0.05) is 41.4 Å². The summed E-state index contributed by atoms with van der Waals surface area (Å²) in [6.45, 7) is 3.79. The lowest BCUT2D eigenvalue weighted by Crippen LogP contribution is -2.26. The van der Waals surface area contributed by atoms with Crippen LogP contribution in [-0.2, 0) is 13.0 Å². The van der Waals surface area contributed by atoms with Crippen LogP contribution < -0.4 is 10.1 Å². The van der Waals surface area contributed by atoms with E-state index in [9.17, 15) is 4.79 Å². The van der Waals surface area contributed by atoms with E-state index in [-0.39, 0.29) is 5.91 Å². The highest BCUT2D eigenvalue weighted by molar-refractivity contribution is 6.31. The maximum atomic E-state index is 12.4. The Morgan fingerprint density at radius 2 is 1.91 bits per heavy atom. The fourth-order valence-electron chi connectivity index (χ4n) is 3.71. The number of benzene rings is 3. The molecule has 0 spiro atoms. The van der Waals surface area contributed by atoms with E-state index < -0.39 is 0 Å². The second-order valence-corrected chi connectivity index (χ2v) is 8.64. The van der Waals surface area contributed by atoms with Crippen LogP contribution in [0.2, 0.25) is 10.0 Å². The quantitative estimate of drug-likeness (QED) is 0.294. The third kappa shape index (κ3) is 5.86. The molecular formula is C26H25Cl2N3O2. The Labute approximate surface area is 203 Å². The van der Waals surface area contributed by atoms with Gasteiger partial charge in [0.15, 0.2) is 0 Å². The Morgan fingerprint density at radius 3 is 2.73 bits per heavy atom. The second-order valence-electron chi connectivity index (χ2n) is 7.80. The van der Waals surface area contributed by atoms with Crippen LogP contribution in [-0.4, -0.2) is 28.6 Å². The number of hydrogen-bond acceptors (Lipinski definition) is 3. The molecule has 7 heteroatoms. The third-order valence-corrected chi connectivity index (χ3v) is 6.04. The van der Waals surface area contributed by atoms with Crippen LogP contribution >= 0.6 is 23.2 Å². The molecule has 1 heterocycles. The molecular weight excluding hydrogens is 457 g/mol. The van der Waals surface area contributed by atoms with Gasteiger partial charge in [0.25, 0.3) is 5.91 Å². The van der Waals surface area contributed by atoms with Crippen molar-refractivity contribution in [2.75, 3.05) is 13.2 Å². The lowest BCUT2D eigenvalue weighted by atomic mass is 10.2. The molecule has 1 aromatic heterocycles. The van der Waals surface area contributed by atoms with E-state index in [0.717, 1.165) is 46.2 Å². The fraction of sp³-hybridized carbons (Fsp3) is 0.231. The fourth-order valence-corrected chi connectivity index (χ4v) is 4.01. The number of rotatable bonds is 9. The molecule has 5 nitrogen and oxygen atoms in total. The van der Waals surface area contributed by atoms with Crippen LogP contribution in [0.3, 0.4) is 0 Å². The average Bonchev–Trinajstić information content (AvgIpc) is 3.16. The minimum absolute atomic E-state index is 0.146. The average molecular weight is 482 g/mol. The number of aromatic nitrogens is 2. The Morgan fingerprint density at radius 1 is 1.06 bits per heavy atom. The van der Waals surface area contributed by atoms with Crippen LogP contribution in [0.25, 0.3) is 11.0 Å². The third-order valence-electron chi connectivity index (χ3n) is 5.38. The molecule has 0 saturated heterocycles. The number of imidazole rings is 1. The molecule has 1 N–H and O–H groups in total.